The van der Waals surface area contributed by atoms with Crippen LogP contribution in [0.1, 0.15) is 11.1 Å². The Bertz CT molecular complexity index is 1450. The van der Waals surface area contributed by atoms with Crippen LogP contribution in [0, 0.1) is 5.82 Å². The van der Waals surface area contributed by atoms with Gasteiger partial charge in [0.05, 0.1) is 21.7 Å². The molecule has 0 N–H and O–H groups in total. The smallest absolute Gasteiger partial charge is 0.418 e. The molecule has 170 valence electrons. The highest BCUT2D eigenvalue weighted by molar-refractivity contribution is 7.90. The van der Waals surface area contributed by atoms with E-state index in [-0.39, 0.29) is 39.4 Å². The van der Waals surface area contributed by atoms with Gasteiger partial charge < -0.3 is 4.74 Å². The monoisotopic (exact) mass is 476 g/mol. The molecule has 0 aliphatic carbocycles. The summed E-state index contributed by atoms with van der Waals surface area (Å²) in [5.74, 6) is -0.464. The number of aromatic nitrogens is 2. The molecule has 33 heavy (non-hydrogen) atoms. The van der Waals surface area contributed by atoms with Crippen molar-refractivity contribution in [2.75, 3.05) is 6.26 Å². The van der Waals surface area contributed by atoms with Crippen LogP contribution in [-0.2, 0) is 22.6 Å². The maximum absolute atomic E-state index is 14.7. The number of sulfone groups is 1. The highest BCUT2D eigenvalue weighted by Crippen LogP contribution is 2.37. The van der Waals surface area contributed by atoms with E-state index in [0.29, 0.717) is 5.56 Å². The van der Waals surface area contributed by atoms with Crippen LogP contribution in [0.5, 0.6) is 5.75 Å². The quantitative estimate of drug-likeness (QED) is 0.359. The predicted molar refractivity (Wildman–Crippen MR) is 114 cm³/mol. The molecule has 5 nitrogen and oxygen atoms in total. The van der Waals surface area contributed by atoms with Crippen LogP contribution in [0.2, 0.25) is 0 Å². The highest BCUT2D eigenvalue weighted by Gasteiger charge is 2.33. The third-order valence-electron chi connectivity index (χ3n) is 4.90. The molecule has 0 bridgehead atoms. The minimum Gasteiger partial charge on any atom is -0.489 e. The second kappa shape index (κ2) is 8.43. The largest absolute Gasteiger partial charge is 0.489 e. The van der Waals surface area contributed by atoms with Gasteiger partial charge in [-0.3, -0.25) is 0 Å². The van der Waals surface area contributed by atoms with Crippen molar-refractivity contribution in [2.45, 2.75) is 17.7 Å². The van der Waals surface area contributed by atoms with E-state index in [4.69, 9.17) is 4.74 Å². The Morgan fingerprint density at radius 3 is 2.45 bits per heavy atom. The molecule has 4 rings (SSSR count). The summed E-state index contributed by atoms with van der Waals surface area (Å²) in [6, 6.07) is 13.5. The van der Waals surface area contributed by atoms with Crippen molar-refractivity contribution in [1.29, 1.82) is 0 Å². The van der Waals surface area contributed by atoms with Gasteiger partial charge in [0, 0.05) is 17.2 Å². The molecule has 0 atom stereocenters. The summed E-state index contributed by atoms with van der Waals surface area (Å²) in [7, 11) is -3.39. The molecular formula is C23H16F4N2O3S. The van der Waals surface area contributed by atoms with Gasteiger partial charge in [-0.05, 0) is 42.0 Å². The fraction of sp³-hybridized carbons (Fsp3) is 0.130. The summed E-state index contributed by atoms with van der Waals surface area (Å²) in [5.41, 5.74) is -0.760. The van der Waals surface area contributed by atoms with Crippen LogP contribution < -0.4 is 4.74 Å². The average molecular weight is 476 g/mol. The molecule has 1 heterocycles. The van der Waals surface area contributed by atoms with E-state index in [1.54, 1.807) is 12.1 Å². The van der Waals surface area contributed by atoms with Gasteiger partial charge in [0.2, 0.25) is 0 Å². The van der Waals surface area contributed by atoms with Crippen LogP contribution >= 0.6 is 0 Å². The number of hydrogen-bond acceptors (Lipinski definition) is 5. The van der Waals surface area contributed by atoms with Gasteiger partial charge >= 0.3 is 6.18 Å². The van der Waals surface area contributed by atoms with E-state index in [9.17, 15) is 26.0 Å². The molecular weight excluding hydrogens is 460 g/mol. The molecule has 10 heteroatoms. The summed E-state index contributed by atoms with van der Waals surface area (Å²) in [4.78, 5) is 7.91. The van der Waals surface area contributed by atoms with Crippen molar-refractivity contribution in [3.63, 3.8) is 0 Å². The molecule has 3 aromatic carbocycles. The van der Waals surface area contributed by atoms with Crippen molar-refractivity contribution in [1.82, 2.24) is 9.97 Å². The first-order valence-corrected chi connectivity index (χ1v) is 11.5. The van der Waals surface area contributed by atoms with Gasteiger partial charge in [0.15, 0.2) is 9.84 Å². The Balaban J connectivity index is 1.70. The molecule has 0 fully saturated rings. The zero-order valence-electron chi connectivity index (χ0n) is 17.1. The molecule has 4 aromatic rings. The Hall–Kier alpha value is -3.53. The third-order valence-corrected chi connectivity index (χ3v) is 6.01. The van der Waals surface area contributed by atoms with Gasteiger partial charge in [-0.25, -0.2) is 22.8 Å². The lowest BCUT2D eigenvalue weighted by atomic mass is 10.0. The number of alkyl halides is 3. The standard InChI is InChI=1S/C23H16F4N2O3S/c1-33(30,31)16-5-2-4-14(10-16)12-32-15-8-9-20(24)18(11-15)21-17-6-3-7-19(23(25,26)27)22(17)29-13-28-21/h2-11,13H,12H2,1H3. The summed E-state index contributed by atoms with van der Waals surface area (Å²) >= 11 is 0. The van der Waals surface area contributed by atoms with Crippen molar-refractivity contribution in [3.05, 3.63) is 83.9 Å². The number of rotatable bonds is 5. The highest BCUT2D eigenvalue weighted by atomic mass is 32.2. The van der Waals surface area contributed by atoms with Crippen LogP contribution in [0.15, 0.2) is 71.9 Å². The molecule has 0 unspecified atom stereocenters. The van der Waals surface area contributed by atoms with Crippen LogP contribution in [0.4, 0.5) is 17.6 Å². The summed E-state index contributed by atoms with van der Waals surface area (Å²) in [6.07, 6.45) is -2.58. The third kappa shape index (κ3) is 4.80. The first-order valence-electron chi connectivity index (χ1n) is 9.57. The SMILES string of the molecule is CS(=O)(=O)c1cccc(COc2ccc(F)c(-c3ncnc4c(C(F)(F)F)cccc34)c2)c1. The van der Waals surface area contributed by atoms with Crippen molar-refractivity contribution in [3.8, 4) is 17.0 Å². The molecule has 0 aliphatic rings. The van der Waals surface area contributed by atoms with E-state index in [0.717, 1.165) is 24.7 Å². The second-order valence-electron chi connectivity index (χ2n) is 7.27. The van der Waals surface area contributed by atoms with Gasteiger partial charge in [0.25, 0.3) is 0 Å². The number of para-hydroxylation sites is 1. The van der Waals surface area contributed by atoms with Crippen molar-refractivity contribution < 1.29 is 30.7 Å². The van der Waals surface area contributed by atoms with Gasteiger partial charge in [-0.15, -0.1) is 0 Å². The number of nitrogens with zero attached hydrogens (tertiary/aromatic N) is 2. The Morgan fingerprint density at radius 2 is 1.73 bits per heavy atom. The summed E-state index contributed by atoms with van der Waals surface area (Å²) in [6.45, 7) is -0.00280. The zero-order valence-corrected chi connectivity index (χ0v) is 17.9. The Kier molecular flexibility index (Phi) is 5.79. The zero-order chi connectivity index (χ0) is 23.8. The number of hydrogen-bond donors (Lipinski definition) is 0. The summed E-state index contributed by atoms with van der Waals surface area (Å²) < 4.78 is 83.9. The normalized spacial score (nSPS) is 12.2. The van der Waals surface area contributed by atoms with Crippen molar-refractivity contribution >= 4 is 20.7 Å². The summed E-state index contributed by atoms with van der Waals surface area (Å²) in [5, 5.41) is 0.0456. The minimum absolute atomic E-state index is 0.00280. The van der Waals surface area contributed by atoms with E-state index in [1.165, 1.54) is 36.4 Å². The Labute approximate surface area is 186 Å². The Morgan fingerprint density at radius 1 is 0.970 bits per heavy atom. The average Bonchev–Trinajstić information content (AvgIpc) is 2.77. The number of benzene rings is 3. The maximum Gasteiger partial charge on any atom is 0.418 e. The second-order valence-corrected chi connectivity index (χ2v) is 9.29. The van der Waals surface area contributed by atoms with Crippen LogP contribution in [0.25, 0.3) is 22.2 Å². The minimum atomic E-state index is -4.63. The van der Waals surface area contributed by atoms with E-state index in [1.807, 2.05) is 0 Å². The van der Waals surface area contributed by atoms with Gasteiger partial charge in [0.1, 0.15) is 24.5 Å². The van der Waals surface area contributed by atoms with E-state index in [2.05, 4.69) is 9.97 Å². The lowest BCUT2D eigenvalue weighted by Gasteiger charge is -2.13. The lowest BCUT2D eigenvalue weighted by Crippen LogP contribution is -2.07. The molecule has 0 aliphatic heterocycles. The molecule has 0 radical (unpaired) electrons. The molecule has 0 spiro atoms. The first kappa shape index (κ1) is 22.7. The van der Waals surface area contributed by atoms with E-state index < -0.39 is 27.4 Å². The number of fused-ring (bicyclic) bond motifs is 1. The molecule has 0 saturated heterocycles. The number of halogens is 4. The molecule has 1 aromatic heterocycles. The predicted octanol–water partition coefficient (Wildman–Crippen LogP) is 5.44. The first-order chi connectivity index (χ1) is 15.5. The fourth-order valence-corrected chi connectivity index (χ4v) is 4.03. The van der Waals surface area contributed by atoms with E-state index >= 15 is 0 Å². The van der Waals surface area contributed by atoms with Crippen molar-refractivity contribution in [2.24, 2.45) is 0 Å². The number of ether oxygens (including phenoxy) is 1. The van der Waals surface area contributed by atoms with Crippen LogP contribution in [0.3, 0.4) is 0 Å². The molecule has 0 amide bonds. The topological polar surface area (TPSA) is 69.2 Å². The molecule has 0 saturated carbocycles. The van der Waals surface area contributed by atoms with Gasteiger partial charge in [-0.1, -0.05) is 24.3 Å². The maximum atomic E-state index is 14.7. The van der Waals surface area contributed by atoms with Crippen LogP contribution in [-0.4, -0.2) is 24.6 Å². The van der Waals surface area contributed by atoms with Gasteiger partial charge in [-0.2, -0.15) is 13.2 Å². The fourth-order valence-electron chi connectivity index (χ4n) is 3.34. The lowest BCUT2D eigenvalue weighted by molar-refractivity contribution is -0.136.